The molecule has 2 aromatic rings. The number of amides is 1. The van der Waals surface area contributed by atoms with Crippen molar-refractivity contribution < 1.29 is 4.79 Å². The van der Waals surface area contributed by atoms with Gasteiger partial charge in [-0.3, -0.25) is 4.79 Å². The number of benzene rings is 1. The van der Waals surface area contributed by atoms with Crippen LogP contribution in [0, 0.1) is 12.8 Å². The largest absolute Gasteiger partial charge is 0.397 e. The average Bonchev–Trinajstić information content (AvgIpc) is 2.78. The third-order valence-corrected chi connectivity index (χ3v) is 4.43. The van der Waals surface area contributed by atoms with Crippen LogP contribution < -0.4 is 5.73 Å². The number of carbonyl (C=O) groups excluding carboxylic acids is 1. The highest BCUT2D eigenvalue weighted by Crippen LogP contribution is 2.22. The van der Waals surface area contributed by atoms with Gasteiger partial charge in [0.1, 0.15) is 17.9 Å². The third-order valence-electron chi connectivity index (χ3n) is 4.43. The first kappa shape index (κ1) is 13.9. The molecule has 1 aromatic carbocycles. The number of fused-ring (bicyclic) bond motifs is 1. The van der Waals surface area contributed by atoms with Gasteiger partial charge in [-0.2, -0.15) is 0 Å². The standard InChI is InChI=1S/C16H22N4O/c1-11-6-8-19(9-7-11)15(21)10-20-12(2)18-16-13(17)4-3-5-14(16)20/h3-5,11H,6-10,17H2,1-2H3. The van der Waals surface area contributed by atoms with Crippen LogP contribution in [-0.2, 0) is 11.3 Å². The molecular weight excluding hydrogens is 264 g/mol. The maximum absolute atomic E-state index is 12.5. The van der Waals surface area contributed by atoms with E-state index >= 15 is 0 Å². The van der Waals surface area contributed by atoms with Crippen molar-refractivity contribution in [3.63, 3.8) is 0 Å². The van der Waals surface area contributed by atoms with E-state index in [4.69, 9.17) is 5.73 Å². The Labute approximate surface area is 124 Å². The minimum Gasteiger partial charge on any atom is -0.397 e. The molecule has 2 heterocycles. The number of likely N-dealkylation sites (tertiary alicyclic amines) is 1. The van der Waals surface area contributed by atoms with Crippen LogP contribution in [0.3, 0.4) is 0 Å². The van der Waals surface area contributed by atoms with Gasteiger partial charge in [0.15, 0.2) is 0 Å². The van der Waals surface area contributed by atoms with E-state index in [-0.39, 0.29) is 5.91 Å². The average molecular weight is 286 g/mol. The van der Waals surface area contributed by atoms with Crippen LogP contribution in [0.2, 0.25) is 0 Å². The maximum Gasteiger partial charge on any atom is 0.242 e. The Morgan fingerprint density at radius 3 is 2.81 bits per heavy atom. The van der Waals surface area contributed by atoms with Crippen molar-refractivity contribution in [2.45, 2.75) is 33.2 Å². The summed E-state index contributed by atoms with van der Waals surface area (Å²) in [5.74, 6) is 1.73. The summed E-state index contributed by atoms with van der Waals surface area (Å²) in [6, 6.07) is 5.71. The molecule has 1 saturated heterocycles. The first-order valence-corrected chi connectivity index (χ1v) is 7.55. The van der Waals surface area contributed by atoms with Crippen molar-refractivity contribution in [1.29, 1.82) is 0 Å². The molecule has 1 fully saturated rings. The number of aryl methyl sites for hydroxylation is 1. The zero-order chi connectivity index (χ0) is 15.0. The van der Waals surface area contributed by atoms with Crippen LogP contribution in [0.4, 0.5) is 5.69 Å². The summed E-state index contributed by atoms with van der Waals surface area (Å²) >= 11 is 0. The van der Waals surface area contributed by atoms with Crippen molar-refractivity contribution in [1.82, 2.24) is 14.5 Å². The minimum atomic E-state index is 0.173. The lowest BCUT2D eigenvalue weighted by atomic mass is 9.99. The van der Waals surface area contributed by atoms with E-state index in [0.717, 1.165) is 48.7 Å². The van der Waals surface area contributed by atoms with Gasteiger partial charge in [0.25, 0.3) is 0 Å². The van der Waals surface area contributed by atoms with Crippen LogP contribution in [0.1, 0.15) is 25.6 Å². The highest BCUT2D eigenvalue weighted by molar-refractivity contribution is 5.89. The fourth-order valence-electron chi connectivity index (χ4n) is 2.98. The summed E-state index contributed by atoms with van der Waals surface area (Å²) in [5, 5.41) is 0. The number of imidazole rings is 1. The lowest BCUT2D eigenvalue weighted by Crippen LogP contribution is -2.39. The van der Waals surface area contributed by atoms with E-state index in [1.54, 1.807) is 0 Å². The fraction of sp³-hybridized carbons (Fsp3) is 0.500. The molecule has 2 N–H and O–H groups in total. The van der Waals surface area contributed by atoms with Crippen LogP contribution in [0.5, 0.6) is 0 Å². The van der Waals surface area contributed by atoms with Crippen LogP contribution in [0.25, 0.3) is 11.0 Å². The monoisotopic (exact) mass is 286 g/mol. The molecule has 0 saturated carbocycles. The van der Waals surface area contributed by atoms with E-state index in [0.29, 0.717) is 12.2 Å². The number of carbonyl (C=O) groups is 1. The topological polar surface area (TPSA) is 64.1 Å². The van der Waals surface area contributed by atoms with E-state index < -0.39 is 0 Å². The minimum absolute atomic E-state index is 0.173. The van der Waals surface area contributed by atoms with Gasteiger partial charge in [-0.25, -0.2) is 4.98 Å². The number of rotatable bonds is 2. The SMILES string of the molecule is Cc1nc2c(N)cccc2n1CC(=O)N1CCC(C)CC1. The van der Waals surface area contributed by atoms with Crippen LogP contribution in [-0.4, -0.2) is 33.4 Å². The second-order valence-corrected chi connectivity index (χ2v) is 6.02. The number of hydrogen-bond donors (Lipinski definition) is 1. The Hall–Kier alpha value is -2.04. The molecule has 0 atom stereocenters. The lowest BCUT2D eigenvalue weighted by molar-refractivity contribution is -0.133. The molecule has 0 unspecified atom stereocenters. The summed E-state index contributed by atoms with van der Waals surface area (Å²) in [5.41, 5.74) is 8.34. The van der Waals surface area contributed by atoms with Gasteiger partial charge in [-0.15, -0.1) is 0 Å². The molecule has 3 rings (SSSR count). The lowest BCUT2D eigenvalue weighted by Gasteiger charge is -2.30. The Kier molecular flexibility index (Phi) is 3.57. The van der Waals surface area contributed by atoms with E-state index in [9.17, 15) is 4.79 Å². The number of piperidine rings is 1. The molecule has 0 spiro atoms. The van der Waals surface area contributed by atoms with Crippen LogP contribution in [0.15, 0.2) is 18.2 Å². The summed E-state index contributed by atoms with van der Waals surface area (Å²) < 4.78 is 1.96. The van der Waals surface area contributed by atoms with Gasteiger partial charge in [0, 0.05) is 13.1 Å². The van der Waals surface area contributed by atoms with Gasteiger partial charge >= 0.3 is 0 Å². The summed E-state index contributed by atoms with van der Waals surface area (Å²) in [6.07, 6.45) is 2.20. The van der Waals surface area contributed by atoms with Crippen molar-refractivity contribution in [2.24, 2.45) is 5.92 Å². The molecule has 5 heteroatoms. The molecular formula is C16H22N4O. The van der Waals surface area contributed by atoms with E-state index in [1.807, 2.05) is 34.6 Å². The van der Waals surface area contributed by atoms with Crippen LogP contribution >= 0.6 is 0 Å². The van der Waals surface area contributed by atoms with Crippen molar-refractivity contribution >= 4 is 22.6 Å². The fourth-order valence-corrected chi connectivity index (χ4v) is 2.98. The second kappa shape index (κ2) is 5.39. The molecule has 1 aliphatic rings. The first-order chi connectivity index (χ1) is 10.1. The van der Waals surface area contributed by atoms with Gasteiger partial charge in [-0.1, -0.05) is 13.0 Å². The molecule has 0 radical (unpaired) electrons. The molecule has 112 valence electrons. The zero-order valence-corrected chi connectivity index (χ0v) is 12.7. The summed E-state index contributed by atoms with van der Waals surface area (Å²) in [6.45, 7) is 6.25. The van der Waals surface area contributed by atoms with Gasteiger partial charge in [0.2, 0.25) is 5.91 Å². The quantitative estimate of drug-likeness (QED) is 0.861. The predicted octanol–water partition coefficient (Wildman–Crippen LogP) is 2.19. The van der Waals surface area contributed by atoms with Crippen molar-refractivity contribution in [3.05, 3.63) is 24.0 Å². The van der Waals surface area contributed by atoms with E-state index in [2.05, 4.69) is 11.9 Å². The number of anilines is 1. The highest BCUT2D eigenvalue weighted by atomic mass is 16.2. The molecule has 1 aromatic heterocycles. The number of hydrogen-bond acceptors (Lipinski definition) is 3. The zero-order valence-electron chi connectivity index (χ0n) is 12.7. The first-order valence-electron chi connectivity index (χ1n) is 7.55. The number of nitrogens with two attached hydrogens (primary N) is 1. The van der Waals surface area contributed by atoms with Gasteiger partial charge < -0.3 is 15.2 Å². The van der Waals surface area contributed by atoms with Crippen molar-refractivity contribution in [2.75, 3.05) is 18.8 Å². The second-order valence-electron chi connectivity index (χ2n) is 6.02. The number of nitrogen functional groups attached to an aromatic ring is 1. The molecule has 21 heavy (non-hydrogen) atoms. The summed E-state index contributed by atoms with van der Waals surface area (Å²) in [4.78, 5) is 19.0. The molecule has 1 amide bonds. The number of nitrogens with zero attached hydrogens (tertiary/aromatic N) is 3. The number of aromatic nitrogens is 2. The normalized spacial score (nSPS) is 16.6. The molecule has 0 aliphatic carbocycles. The van der Waals surface area contributed by atoms with E-state index in [1.165, 1.54) is 0 Å². The summed E-state index contributed by atoms with van der Waals surface area (Å²) in [7, 11) is 0. The van der Waals surface area contributed by atoms with Crippen molar-refractivity contribution in [3.8, 4) is 0 Å². The van der Waals surface area contributed by atoms with Gasteiger partial charge in [-0.05, 0) is 37.8 Å². The van der Waals surface area contributed by atoms with Gasteiger partial charge in [0.05, 0.1) is 11.2 Å². The molecule has 0 bridgehead atoms. The number of para-hydroxylation sites is 1. The highest BCUT2D eigenvalue weighted by Gasteiger charge is 2.21. The maximum atomic E-state index is 12.5. The third kappa shape index (κ3) is 2.60. The Balaban J connectivity index is 1.83. The Bertz CT molecular complexity index is 668. The predicted molar refractivity (Wildman–Crippen MR) is 83.9 cm³/mol. The molecule has 1 aliphatic heterocycles. The smallest absolute Gasteiger partial charge is 0.242 e. The Morgan fingerprint density at radius 2 is 2.10 bits per heavy atom. The molecule has 5 nitrogen and oxygen atoms in total. The Morgan fingerprint density at radius 1 is 1.38 bits per heavy atom.